The predicted molar refractivity (Wildman–Crippen MR) is 81.7 cm³/mol. The van der Waals surface area contributed by atoms with Crippen molar-refractivity contribution in [1.82, 2.24) is 9.78 Å². The fourth-order valence-corrected chi connectivity index (χ4v) is 2.46. The number of aryl methyl sites for hydroxylation is 2. The van der Waals surface area contributed by atoms with Gasteiger partial charge in [-0.1, -0.05) is 23.7 Å². The van der Waals surface area contributed by atoms with Crippen molar-refractivity contribution in [3.05, 3.63) is 46.2 Å². The highest BCUT2D eigenvalue weighted by Crippen LogP contribution is 2.30. The molecule has 0 aliphatic heterocycles. The molecule has 1 aromatic carbocycles. The molecule has 0 spiro atoms. The molecule has 7 heteroatoms. The molecule has 4 nitrogen and oxygen atoms in total. The van der Waals surface area contributed by atoms with Gasteiger partial charge in [-0.05, 0) is 31.5 Å². The Bertz CT molecular complexity index is 700. The van der Waals surface area contributed by atoms with Crippen molar-refractivity contribution in [2.24, 2.45) is 7.05 Å². The van der Waals surface area contributed by atoms with Crippen LogP contribution in [0.4, 0.5) is 14.5 Å². The number of halogens is 3. The summed E-state index contributed by atoms with van der Waals surface area (Å²) in [6, 6.07) is 7.26. The highest BCUT2D eigenvalue weighted by Gasteiger charge is 2.30. The lowest BCUT2D eigenvalue weighted by atomic mass is 10.1. The van der Waals surface area contributed by atoms with Crippen LogP contribution < -0.4 is 4.90 Å². The molecule has 2 aromatic rings. The highest BCUT2D eigenvalue weighted by atomic mass is 35.5. The van der Waals surface area contributed by atoms with E-state index in [0.29, 0.717) is 12.2 Å². The maximum atomic E-state index is 13.1. The molecule has 1 heterocycles. The molecule has 0 saturated heterocycles. The third kappa shape index (κ3) is 2.97. The minimum atomic E-state index is -2.87. The number of amides is 1. The summed E-state index contributed by atoms with van der Waals surface area (Å²) in [6.45, 7) is 3.99. The number of anilines is 1. The van der Waals surface area contributed by atoms with E-state index in [-0.39, 0.29) is 10.7 Å². The molecule has 0 unspecified atom stereocenters. The summed E-state index contributed by atoms with van der Waals surface area (Å²) in [5, 5.41) is 3.55. The molecule has 1 amide bonds. The van der Waals surface area contributed by atoms with Crippen LogP contribution in [-0.4, -0.2) is 22.2 Å². The summed E-state index contributed by atoms with van der Waals surface area (Å²) in [5.41, 5.74) is 0.758. The van der Waals surface area contributed by atoms with Crippen molar-refractivity contribution in [3.63, 3.8) is 0 Å². The van der Waals surface area contributed by atoms with Crippen LogP contribution in [0, 0.1) is 6.92 Å². The molecule has 0 aliphatic rings. The molecule has 22 heavy (non-hydrogen) atoms. The van der Waals surface area contributed by atoms with Gasteiger partial charge in [0.25, 0.3) is 12.3 Å². The fraction of sp³-hybridized carbons (Fsp3) is 0.333. The van der Waals surface area contributed by atoms with Crippen molar-refractivity contribution < 1.29 is 13.6 Å². The number of aromatic nitrogens is 2. The highest BCUT2D eigenvalue weighted by molar-refractivity contribution is 6.33. The molecule has 1 aromatic heterocycles. The minimum absolute atomic E-state index is 0.0913. The standard InChI is InChI=1S/C15H16ClF2N3O/c1-4-21(10-7-5-6-9(2)8-10)15(22)11-12(14(17)18)19-20(3)13(11)16/h5-8,14H,4H2,1-3H3. The second-order valence-corrected chi connectivity index (χ2v) is 5.22. The monoisotopic (exact) mass is 327 g/mol. The van der Waals surface area contributed by atoms with Crippen molar-refractivity contribution in [2.45, 2.75) is 20.3 Å². The average Bonchev–Trinajstić information content (AvgIpc) is 2.76. The van der Waals surface area contributed by atoms with E-state index in [0.717, 1.165) is 10.2 Å². The molecular formula is C15H16ClF2N3O. The maximum Gasteiger partial charge on any atom is 0.283 e. The number of alkyl halides is 2. The summed E-state index contributed by atoms with van der Waals surface area (Å²) in [4.78, 5) is 14.1. The first kappa shape index (κ1) is 16.4. The van der Waals surface area contributed by atoms with Gasteiger partial charge in [0.1, 0.15) is 16.4 Å². The quantitative estimate of drug-likeness (QED) is 0.851. The van der Waals surface area contributed by atoms with Crippen LogP contribution >= 0.6 is 11.6 Å². The Morgan fingerprint density at radius 2 is 2.14 bits per heavy atom. The number of carbonyl (C=O) groups excluding carboxylic acids is 1. The number of benzene rings is 1. The van der Waals surface area contributed by atoms with Gasteiger partial charge in [-0.15, -0.1) is 0 Å². The third-order valence-electron chi connectivity index (χ3n) is 3.30. The molecule has 0 bridgehead atoms. The van der Waals surface area contributed by atoms with Gasteiger partial charge in [0.15, 0.2) is 0 Å². The Hall–Kier alpha value is -1.95. The summed E-state index contributed by atoms with van der Waals surface area (Å²) >= 11 is 5.99. The van der Waals surface area contributed by atoms with Gasteiger partial charge < -0.3 is 4.90 Å². The molecule has 0 saturated carbocycles. The minimum Gasteiger partial charge on any atom is -0.308 e. The first-order chi connectivity index (χ1) is 10.4. The largest absolute Gasteiger partial charge is 0.308 e. The van der Waals surface area contributed by atoms with Gasteiger partial charge in [0.2, 0.25) is 0 Å². The SMILES string of the molecule is CCN(C(=O)c1c(C(F)F)nn(C)c1Cl)c1cccc(C)c1. The first-order valence-electron chi connectivity index (χ1n) is 6.75. The lowest BCUT2D eigenvalue weighted by Crippen LogP contribution is -2.31. The molecule has 0 radical (unpaired) electrons. The van der Waals surface area contributed by atoms with Gasteiger partial charge in [-0.25, -0.2) is 8.78 Å². The Balaban J connectivity index is 2.50. The summed E-state index contributed by atoms with van der Waals surface area (Å²) in [5.74, 6) is -0.582. The van der Waals surface area contributed by atoms with Crippen LogP contribution in [0.25, 0.3) is 0 Å². The summed E-state index contributed by atoms with van der Waals surface area (Å²) in [6.07, 6.45) is -2.87. The maximum absolute atomic E-state index is 13.1. The average molecular weight is 328 g/mol. The van der Waals surface area contributed by atoms with Crippen molar-refractivity contribution in [2.75, 3.05) is 11.4 Å². The van der Waals surface area contributed by atoms with Crippen LogP contribution in [0.2, 0.25) is 5.15 Å². The molecule has 0 atom stereocenters. The molecule has 0 N–H and O–H groups in total. The Labute approximate surface area is 132 Å². The smallest absolute Gasteiger partial charge is 0.283 e. The van der Waals surface area contributed by atoms with Crippen LogP contribution in [-0.2, 0) is 7.05 Å². The molecule has 2 rings (SSSR count). The molecule has 0 fully saturated rings. The number of hydrogen-bond acceptors (Lipinski definition) is 2. The van der Waals surface area contributed by atoms with E-state index in [1.807, 2.05) is 19.1 Å². The van der Waals surface area contributed by atoms with Gasteiger partial charge >= 0.3 is 0 Å². The number of nitrogens with zero attached hydrogens (tertiary/aromatic N) is 3. The number of carbonyl (C=O) groups is 1. The Morgan fingerprint density at radius 1 is 1.45 bits per heavy atom. The summed E-state index contributed by atoms with van der Waals surface area (Å²) < 4.78 is 27.3. The fourth-order valence-electron chi connectivity index (χ4n) is 2.25. The zero-order chi connectivity index (χ0) is 16.4. The van der Waals surface area contributed by atoms with Crippen molar-refractivity contribution in [1.29, 1.82) is 0 Å². The molecule has 118 valence electrons. The predicted octanol–water partition coefficient (Wildman–Crippen LogP) is 3.99. The molecule has 0 aliphatic carbocycles. The van der Waals surface area contributed by atoms with Crippen LogP contribution in [0.15, 0.2) is 24.3 Å². The lowest BCUT2D eigenvalue weighted by Gasteiger charge is -2.21. The van der Waals surface area contributed by atoms with E-state index in [2.05, 4.69) is 5.10 Å². The third-order valence-corrected chi connectivity index (χ3v) is 3.73. The van der Waals surface area contributed by atoms with E-state index < -0.39 is 18.0 Å². The Kier molecular flexibility index (Phi) is 4.81. The van der Waals surface area contributed by atoms with E-state index in [4.69, 9.17) is 11.6 Å². The Morgan fingerprint density at radius 3 is 2.68 bits per heavy atom. The van der Waals surface area contributed by atoms with E-state index in [1.54, 1.807) is 19.1 Å². The van der Waals surface area contributed by atoms with Crippen LogP contribution in [0.1, 0.15) is 35.0 Å². The number of rotatable bonds is 4. The second kappa shape index (κ2) is 6.44. The van der Waals surface area contributed by atoms with Crippen molar-refractivity contribution in [3.8, 4) is 0 Å². The van der Waals surface area contributed by atoms with Gasteiger partial charge in [0.05, 0.1) is 0 Å². The zero-order valence-electron chi connectivity index (χ0n) is 12.5. The first-order valence-corrected chi connectivity index (χ1v) is 7.13. The summed E-state index contributed by atoms with van der Waals surface area (Å²) in [7, 11) is 1.42. The van der Waals surface area contributed by atoms with Gasteiger partial charge in [0, 0.05) is 19.3 Å². The van der Waals surface area contributed by atoms with E-state index >= 15 is 0 Å². The number of hydrogen-bond donors (Lipinski definition) is 0. The second-order valence-electron chi connectivity index (χ2n) is 4.86. The lowest BCUT2D eigenvalue weighted by molar-refractivity contribution is 0.0973. The normalized spacial score (nSPS) is 11.0. The van der Waals surface area contributed by atoms with Crippen molar-refractivity contribution >= 4 is 23.2 Å². The van der Waals surface area contributed by atoms with Gasteiger partial charge in [-0.3, -0.25) is 9.48 Å². The topological polar surface area (TPSA) is 38.1 Å². The van der Waals surface area contributed by atoms with Crippen LogP contribution in [0.5, 0.6) is 0 Å². The van der Waals surface area contributed by atoms with E-state index in [9.17, 15) is 13.6 Å². The molecular weight excluding hydrogens is 312 g/mol. The van der Waals surface area contributed by atoms with E-state index in [1.165, 1.54) is 11.9 Å². The van der Waals surface area contributed by atoms with Crippen LogP contribution in [0.3, 0.4) is 0 Å². The van der Waals surface area contributed by atoms with Gasteiger partial charge in [-0.2, -0.15) is 5.10 Å². The zero-order valence-corrected chi connectivity index (χ0v) is 13.2.